The normalized spacial score (nSPS) is 21.5. The topological polar surface area (TPSA) is 32.3 Å². The molecule has 0 aromatic heterocycles. The Labute approximate surface area is 115 Å². The van der Waals surface area contributed by atoms with Gasteiger partial charge in [-0.05, 0) is 44.3 Å². The standard InChI is InChI=1S/C16H22N2O/c19-12-14-3-1-13(2-4-14)11-18-9-7-16(8-10-18)17-15-5-6-15/h1-4,12,15-17H,5-11H2. The lowest BCUT2D eigenvalue weighted by Gasteiger charge is -2.32. The molecule has 0 amide bonds. The summed E-state index contributed by atoms with van der Waals surface area (Å²) in [6.07, 6.45) is 6.19. The number of carbonyl (C=O) groups excluding carboxylic acids is 1. The molecular weight excluding hydrogens is 236 g/mol. The van der Waals surface area contributed by atoms with Crippen molar-refractivity contribution < 1.29 is 4.79 Å². The molecule has 2 aliphatic rings. The highest BCUT2D eigenvalue weighted by Crippen LogP contribution is 2.22. The second-order valence-corrected chi connectivity index (χ2v) is 5.85. The maximum atomic E-state index is 10.6. The minimum Gasteiger partial charge on any atom is -0.311 e. The van der Waals surface area contributed by atoms with E-state index in [2.05, 4.69) is 22.3 Å². The van der Waals surface area contributed by atoms with E-state index < -0.39 is 0 Å². The van der Waals surface area contributed by atoms with Crippen molar-refractivity contribution in [2.24, 2.45) is 0 Å². The van der Waals surface area contributed by atoms with Crippen LogP contribution in [0.1, 0.15) is 41.6 Å². The molecule has 0 spiro atoms. The summed E-state index contributed by atoms with van der Waals surface area (Å²) < 4.78 is 0. The predicted octanol–water partition coefficient (Wildman–Crippen LogP) is 2.22. The van der Waals surface area contributed by atoms with Crippen molar-refractivity contribution in [1.82, 2.24) is 10.2 Å². The lowest BCUT2D eigenvalue weighted by molar-refractivity contribution is 0.112. The second kappa shape index (κ2) is 5.85. The smallest absolute Gasteiger partial charge is 0.150 e. The maximum Gasteiger partial charge on any atom is 0.150 e. The van der Waals surface area contributed by atoms with E-state index in [0.717, 1.165) is 30.5 Å². The molecule has 1 saturated carbocycles. The van der Waals surface area contributed by atoms with Crippen molar-refractivity contribution in [2.45, 2.75) is 44.3 Å². The van der Waals surface area contributed by atoms with Gasteiger partial charge in [-0.15, -0.1) is 0 Å². The Morgan fingerprint density at radius 3 is 2.26 bits per heavy atom. The molecule has 0 radical (unpaired) electrons. The molecule has 3 heteroatoms. The van der Waals surface area contributed by atoms with Crippen LogP contribution in [0.2, 0.25) is 0 Å². The summed E-state index contributed by atoms with van der Waals surface area (Å²) in [6.45, 7) is 3.37. The molecule has 0 atom stereocenters. The maximum absolute atomic E-state index is 10.6. The number of nitrogens with zero attached hydrogens (tertiary/aromatic N) is 1. The van der Waals surface area contributed by atoms with Crippen LogP contribution in [0.15, 0.2) is 24.3 Å². The lowest BCUT2D eigenvalue weighted by Crippen LogP contribution is -2.42. The van der Waals surface area contributed by atoms with Crippen molar-refractivity contribution in [1.29, 1.82) is 0 Å². The predicted molar refractivity (Wildman–Crippen MR) is 76.3 cm³/mol. The van der Waals surface area contributed by atoms with E-state index in [1.165, 1.54) is 44.3 Å². The number of likely N-dealkylation sites (tertiary alicyclic amines) is 1. The van der Waals surface area contributed by atoms with Crippen LogP contribution in [-0.2, 0) is 6.54 Å². The highest BCUT2D eigenvalue weighted by molar-refractivity contribution is 5.74. The molecule has 1 aromatic carbocycles. The fourth-order valence-corrected chi connectivity index (χ4v) is 2.80. The minimum absolute atomic E-state index is 0.737. The van der Waals surface area contributed by atoms with Crippen LogP contribution in [-0.4, -0.2) is 36.4 Å². The minimum atomic E-state index is 0.737. The first kappa shape index (κ1) is 12.8. The van der Waals surface area contributed by atoms with Crippen LogP contribution >= 0.6 is 0 Å². The summed E-state index contributed by atoms with van der Waals surface area (Å²) in [6, 6.07) is 9.51. The van der Waals surface area contributed by atoms with Crippen molar-refractivity contribution in [3.8, 4) is 0 Å². The molecule has 0 bridgehead atoms. The van der Waals surface area contributed by atoms with E-state index in [1.54, 1.807) is 0 Å². The SMILES string of the molecule is O=Cc1ccc(CN2CCC(NC3CC3)CC2)cc1. The van der Waals surface area contributed by atoms with Gasteiger partial charge in [0.05, 0.1) is 0 Å². The monoisotopic (exact) mass is 258 g/mol. The summed E-state index contributed by atoms with van der Waals surface area (Å²) in [4.78, 5) is 13.1. The van der Waals surface area contributed by atoms with Crippen LogP contribution in [0, 0.1) is 0 Å². The highest BCUT2D eigenvalue weighted by Gasteiger charge is 2.26. The number of hydrogen-bond donors (Lipinski definition) is 1. The summed E-state index contributed by atoms with van der Waals surface area (Å²) in [5, 5.41) is 3.73. The van der Waals surface area contributed by atoms with Gasteiger partial charge in [0.1, 0.15) is 6.29 Å². The van der Waals surface area contributed by atoms with Crippen LogP contribution in [0.5, 0.6) is 0 Å². The first-order valence-corrected chi connectivity index (χ1v) is 7.36. The van der Waals surface area contributed by atoms with Crippen LogP contribution in [0.3, 0.4) is 0 Å². The Balaban J connectivity index is 1.46. The Morgan fingerprint density at radius 1 is 1.05 bits per heavy atom. The fourth-order valence-electron chi connectivity index (χ4n) is 2.80. The van der Waals surface area contributed by atoms with Crippen molar-refractivity contribution in [2.75, 3.05) is 13.1 Å². The van der Waals surface area contributed by atoms with E-state index in [-0.39, 0.29) is 0 Å². The van der Waals surface area contributed by atoms with Gasteiger partial charge in [-0.3, -0.25) is 9.69 Å². The third kappa shape index (κ3) is 3.64. The van der Waals surface area contributed by atoms with E-state index in [1.807, 2.05) is 12.1 Å². The highest BCUT2D eigenvalue weighted by atomic mass is 16.1. The quantitative estimate of drug-likeness (QED) is 0.822. The van der Waals surface area contributed by atoms with Crippen LogP contribution < -0.4 is 5.32 Å². The molecule has 1 heterocycles. The molecule has 19 heavy (non-hydrogen) atoms. The average Bonchev–Trinajstić information content (AvgIpc) is 3.26. The molecule has 102 valence electrons. The first-order valence-electron chi connectivity index (χ1n) is 7.36. The summed E-state index contributed by atoms with van der Waals surface area (Å²) >= 11 is 0. The van der Waals surface area contributed by atoms with Crippen molar-refractivity contribution >= 4 is 6.29 Å². The number of rotatable bonds is 5. The third-order valence-electron chi connectivity index (χ3n) is 4.16. The number of piperidine rings is 1. The Bertz CT molecular complexity index is 417. The zero-order valence-electron chi connectivity index (χ0n) is 11.3. The molecule has 0 unspecified atom stereocenters. The number of benzene rings is 1. The van der Waals surface area contributed by atoms with Crippen molar-refractivity contribution in [3.63, 3.8) is 0 Å². The fraction of sp³-hybridized carbons (Fsp3) is 0.562. The van der Waals surface area contributed by atoms with Gasteiger partial charge in [0, 0.05) is 24.2 Å². The van der Waals surface area contributed by atoms with Crippen LogP contribution in [0.4, 0.5) is 0 Å². The summed E-state index contributed by atoms with van der Waals surface area (Å²) in [5.41, 5.74) is 2.07. The summed E-state index contributed by atoms with van der Waals surface area (Å²) in [7, 11) is 0. The molecule has 1 saturated heterocycles. The number of hydrogen-bond acceptors (Lipinski definition) is 3. The van der Waals surface area contributed by atoms with Gasteiger partial charge in [-0.2, -0.15) is 0 Å². The molecule has 1 aliphatic carbocycles. The molecule has 2 fully saturated rings. The number of nitrogens with one attached hydrogen (secondary N) is 1. The largest absolute Gasteiger partial charge is 0.311 e. The lowest BCUT2D eigenvalue weighted by atomic mass is 10.0. The van der Waals surface area contributed by atoms with Crippen LogP contribution in [0.25, 0.3) is 0 Å². The van der Waals surface area contributed by atoms with E-state index >= 15 is 0 Å². The number of aldehydes is 1. The van der Waals surface area contributed by atoms with E-state index in [9.17, 15) is 4.79 Å². The average molecular weight is 258 g/mol. The molecular formula is C16H22N2O. The Hall–Kier alpha value is -1.19. The molecule has 3 nitrogen and oxygen atoms in total. The third-order valence-corrected chi connectivity index (χ3v) is 4.16. The van der Waals surface area contributed by atoms with Gasteiger partial charge in [0.25, 0.3) is 0 Å². The van der Waals surface area contributed by atoms with Crippen molar-refractivity contribution in [3.05, 3.63) is 35.4 Å². The molecule has 1 aliphatic heterocycles. The van der Waals surface area contributed by atoms with Gasteiger partial charge in [-0.25, -0.2) is 0 Å². The zero-order valence-corrected chi connectivity index (χ0v) is 11.3. The first-order chi connectivity index (χ1) is 9.33. The Kier molecular flexibility index (Phi) is 3.95. The molecule has 1 N–H and O–H groups in total. The van der Waals surface area contributed by atoms with Gasteiger partial charge >= 0.3 is 0 Å². The van der Waals surface area contributed by atoms with Gasteiger partial charge < -0.3 is 5.32 Å². The molecule has 1 aromatic rings. The second-order valence-electron chi connectivity index (χ2n) is 5.85. The Morgan fingerprint density at radius 2 is 1.68 bits per heavy atom. The van der Waals surface area contributed by atoms with E-state index in [0.29, 0.717) is 0 Å². The van der Waals surface area contributed by atoms with Gasteiger partial charge in [-0.1, -0.05) is 24.3 Å². The summed E-state index contributed by atoms with van der Waals surface area (Å²) in [5.74, 6) is 0. The van der Waals surface area contributed by atoms with E-state index in [4.69, 9.17) is 0 Å². The molecule has 3 rings (SSSR count). The number of carbonyl (C=O) groups is 1. The van der Waals surface area contributed by atoms with Gasteiger partial charge in [0.15, 0.2) is 0 Å². The zero-order chi connectivity index (χ0) is 13.1. The van der Waals surface area contributed by atoms with Gasteiger partial charge in [0.2, 0.25) is 0 Å².